The van der Waals surface area contributed by atoms with Crippen molar-refractivity contribution >= 4 is 28.4 Å². The summed E-state index contributed by atoms with van der Waals surface area (Å²) in [7, 11) is 0. The van der Waals surface area contributed by atoms with E-state index in [-0.39, 0.29) is 11.3 Å². The molecule has 0 radical (unpaired) electrons. The molecule has 0 atom stereocenters. The zero-order valence-electron chi connectivity index (χ0n) is 19.0. The predicted octanol–water partition coefficient (Wildman–Crippen LogP) is 6.83. The molecule has 1 amide bonds. The van der Waals surface area contributed by atoms with Gasteiger partial charge in [0.1, 0.15) is 29.8 Å². The van der Waals surface area contributed by atoms with Gasteiger partial charge in [0.05, 0.1) is 5.69 Å². The lowest BCUT2D eigenvalue weighted by Crippen LogP contribution is -2.14. The molecule has 4 aromatic rings. The number of nitrogens with zero attached hydrogens (tertiary/aromatic N) is 1. The molecule has 0 spiro atoms. The number of fused-ring (bicyclic) bond motifs is 1. The number of benzene rings is 4. The molecule has 0 aliphatic carbocycles. The van der Waals surface area contributed by atoms with Crippen molar-refractivity contribution < 1.29 is 13.9 Å². The van der Waals surface area contributed by atoms with Gasteiger partial charge in [-0.25, -0.2) is 4.39 Å². The second-order valence-electron chi connectivity index (χ2n) is 7.93. The maximum Gasteiger partial charge on any atom is 0.266 e. The third-order valence-electron chi connectivity index (χ3n) is 5.46. The van der Waals surface area contributed by atoms with Gasteiger partial charge < -0.3 is 10.1 Å². The van der Waals surface area contributed by atoms with Crippen molar-refractivity contribution in [3.63, 3.8) is 0 Å². The monoisotopic (exact) mass is 462 g/mol. The van der Waals surface area contributed by atoms with Gasteiger partial charge in [0.25, 0.3) is 5.91 Å². The molecule has 35 heavy (non-hydrogen) atoms. The van der Waals surface area contributed by atoms with Crippen molar-refractivity contribution in [3.05, 3.63) is 126 Å². The lowest BCUT2D eigenvalue weighted by molar-refractivity contribution is -0.112. The molecule has 1 N–H and O–H groups in total. The molecular formula is C30H23FN2O2. The van der Waals surface area contributed by atoms with Crippen LogP contribution in [0.5, 0.6) is 5.75 Å². The van der Waals surface area contributed by atoms with E-state index in [1.807, 2.05) is 36.4 Å². The minimum Gasteiger partial charge on any atom is -0.489 e. The lowest BCUT2D eigenvalue weighted by Gasteiger charge is -2.12. The third-order valence-corrected chi connectivity index (χ3v) is 5.46. The van der Waals surface area contributed by atoms with Crippen LogP contribution in [0.25, 0.3) is 16.8 Å². The van der Waals surface area contributed by atoms with Gasteiger partial charge in [0.2, 0.25) is 0 Å². The highest BCUT2D eigenvalue weighted by atomic mass is 19.1. The molecule has 5 heteroatoms. The number of anilines is 1. The van der Waals surface area contributed by atoms with Gasteiger partial charge in [-0.3, -0.25) is 4.79 Å². The van der Waals surface area contributed by atoms with Gasteiger partial charge in [-0.1, -0.05) is 60.7 Å². The summed E-state index contributed by atoms with van der Waals surface area (Å²) in [5.41, 5.74) is 2.46. The Morgan fingerprint density at radius 2 is 1.77 bits per heavy atom. The highest BCUT2D eigenvalue weighted by Gasteiger charge is 2.13. The van der Waals surface area contributed by atoms with E-state index in [1.54, 1.807) is 18.2 Å². The van der Waals surface area contributed by atoms with Crippen LogP contribution in [0.1, 0.15) is 16.7 Å². The van der Waals surface area contributed by atoms with Crippen molar-refractivity contribution in [1.29, 1.82) is 5.26 Å². The van der Waals surface area contributed by atoms with Crippen LogP contribution < -0.4 is 10.1 Å². The molecule has 4 nitrogen and oxygen atoms in total. The quantitative estimate of drug-likeness (QED) is 0.177. The summed E-state index contributed by atoms with van der Waals surface area (Å²) < 4.78 is 20.0. The molecule has 4 aromatic carbocycles. The number of rotatable bonds is 8. The van der Waals surface area contributed by atoms with E-state index in [9.17, 15) is 14.4 Å². The molecule has 0 fully saturated rings. The summed E-state index contributed by atoms with van der Waals surface area (Å²) in [6, 6.07) is 27.5. The number of allylic oxidation sites excluding steroid dienone is 1. The van der Waals surface area contributed by atoms with E-state index in [0.717, 1.165) is 16.5 Å². The van der Waals surface area contributed by atoms with Crippen LogP contribution in [0.2, 0.25) is 0 Å². The number of hydrogen-bond donors (Lipinski definition) is 1. The number of amides is 1. The lowest BCUT2D eigenvalue weighted by atomic mass is 10.0. The zero-order valence-corrected chi connectivity index (χ0v) is 19.0. The van der Waals surface area contributed by atoms with E-state index in [2.05, 4.69) is 36.2 Å². The van der Waals surface area contributed by atoms with Gasteiger partial charge in [-0.2, -0.15) is 5.26 Å². The summed E-state index contributed by atoms with van der Waals surface area (Å²) in [6.07, 6.45) is 3.79. The number of nitrogens with one attached hydrogen (secondary N) is 1. The normalized spacial score (nSPS) is 11.0. The Labute approximate surface area is 203 Å². The summed E-state index contributed by atoms with van der Waals surface area (Å²) in [4.78, 5) is 12.5. The van der Waals surface area contributed by atoms with E-state index >= 15 is 0 Å². The van der Waals surface area contributed by atoms with Crippen LogP contribution in [0.4, 0.5) is 10.1 Å². The molecule has 0 aromatic heterocycles. The topological polar surface area (TPSA) is 62.1 Å². The minimum absolute atomic E-state index is 0.0171. The first kappa shape index (κ1) is 23.5. The number of carbonyl (C=O) groups is 1. The fourth-order valence-corrected chi connectivity index (χ4v) is 3.70. The van der Waals surface area contributed by atoms with Gasteiger partial charge in [-0.05, 0) is 70.3 Å². The molecule has 0 aliphatic heterocycles. The second-order valence-corrected chi connectivity index (χ2v) is 7.93. The van der Waals surface area contributed by atoms with Crippen molar-refractivity contribution in [2.45, 2.75) is 13.0 Å². The van der Waals surface area contributed by atoms with Crippen LogP contribution in [-0.2, 0) is 17.8 Å². The number of ether oxygens (including phenoxy) is 1. The van der Waals surface area contributed by atoms with Crippen molar-refractivity contribution in [3.8, 4) is 11.8 Å². The zero-order chi connectivity index (χ0) is 24.6. The first-order valence-electron chi connectivity index (χ1n) is 11.1. The van der Waals surface area contributed by atoms with Crippen LogP contribution >= 0.6 is 0 Å². The largest absolute Gasteiger partial charge is 0.489 e. The number of carbonyl (C=O) groups excluding carboxylic acids is 1. The Hall–Kier alpha value is -4.69. The molecule has 0 heterocycles. The maximum absolute atomic E-state index is 13.9. The summed E-state index contributed by atoms with van der Waals surface area (Å²) in [5.74, 6) is -0.552. The van der Waals surface area contributed by atoms with E-state index in [4.69, 9.17) is 4.74 Å². The van der Waals surface area contributed by atoms with Crippen LogP contribution in [0.3, 0.4) is 0 Å². The van der Waals surface area contributed by atoms with E-state index < -0.39 is 11.7 Å². The SMILES string of the molecule is C=CCc1cc(/C=C(/C#N)C(=O)Nc2ccccc2F)ccc1OCc1ccc2ccccc2c1. The molecule has 0 saturated heterocycles. The smallest absolute Gasteiger partial charge is 0.266 e. The average molecular weight is 463 g/mol. The molecule has 172 valence electrons. The van der Waals surface area contributed by atoms with E-state index in [0.29, 0.717) is 24.3 Å². The predicted molar refractivity (Wildman–Crippen MR) is 137 cm³/mol. The van der Waals surface area contributed by atoms with Crippen molar-refractivity contribution in [1.82, 2.24) is 0 Å². The van der Waals surface area contributed by atoms with Crippen LogP contribution in [-0.4, -0.2) is 5.91 Å². The molecule has 4 rings (SSSR count). The van der Waals surface area contributed by atoms with E-state index in [1.165, 1.54) is 29.7 Å². The van der Waals surface area contributed by atoms with Crippen LogP contribution in [0.15, 0.2) is 103 Å². The van der Waals surface area contributed by atoms with Crippen molar-refractivity contribution in [2.24, 2.45) is 0 Å². The molecule has 0 bridgehead atoms. The standard InChI is InChI=1S/C30H23FN2O2/c1-2-7-25-16-21(17-26(19-32)30(34)33-28-11-6-5-10-27(28)31)13-15-29(25)35-20-22-12-14-23-8-3-4-9-24(23)18-22/h2-6,8-18H,1,7,20H2,(H,33,34)/b26-17-. The Balaban J connectivity index is 1.52. The van der Waals surface area contributed by atoms with Crippen LogP contribution in [0, 0.1) is 17.1 Å². The van der Waals surface area contributed by atoms with Gasteiger partial charge >= 0.3 is 0 Å². The molecule has 0 aliphatic rings. The highest BCUT2D eigenvalue weighted by Crippen LogP contribution is 2.25. The minimum atomic E-state index is -0.681. The first-order chi connectivity index (χ1) is 17.1. The molecule has 0 saturated carbocycles. The fourth-order valence-electron chi connectivity index (χ4n) is 3.70. The molecule has 0 unspecified atom stereocenters. The number of nitriles is 1. The summed E-state index contributed by atoms with van der Waals surface area (Å²) in [5, 5.41) is 14.3. The second kappa shape index (κ2) is 11.0. The van der Waals surface area contributed by atoms with Gasteiger partial charge in [0.15, 0.2) is 0 Å². The highest BCUT2D eigenvalue weighted by molar-refractivity contribution is 6.09. The Morgan fingerprint density at radius 1 is 1.00 bits per heavy atom. The number of para-hydroxylation sites is 1. The third kappa shape index (κ3) is 5.82. The maximum atomic E-state index is 13.9. The first-order valence-corrected chi connectivity index (χ1v) is 11.1. The van der Waals surface area contributed by atoms with Crippen molar-refractivity contribution in [2.75, 3.05) is 5.32 Å². The Bertz CT molecular complexity index is 1470. The Kier molecular flexibility index (Phi) is 7.34. The Morgan fingerprint density at radius 3 is 2.54 bits per heavy atom. The number of halogens is 1. The molecular weight excluding hydrogens is 439 g/mol. The summed E-state index contributed by atoms with van der Waals surface area (Å²) in [6.45, 7) is 4.22. The van der Waals surface area contributed by atoms with Gasteiger partial charge in [-0.15, -0.1) is 6.58 Å². The van der Waals surface area contributed by atoms with Gasteiger partial charge in [0, 0.05) is 0 Å². The fraction of sp³-hybridized carbons (Fsp3) is 0.0667. The summed E-state index contributed by atoms with van der Waals surface area (Å²) >= 11 is 0. The number of hydrogen-bond acceptors (Lipinski definition) is 3. The average Bonchev–Trinajstić information content (AvgIpc) is 2.88.